The lowest BCUT2D eigenvalue weighted by atomic mass is 10.1. The number of carbonyl (C=O) groups is 1. The lowest BCUT2D eigenvalue weighted by Gasteiger charge is -2.26. The van der Waals surface area contributed by atoms with Crippen molar-refractivity contribution in [3.05, 3.63) is 53.1 Å². The summed E-state index contributed by atoms with van der Waals surface area (Å²) in [5.74, 6) is 0.596. The molecule has 2 aliphatic rings. The number of rotatable bonds is 5. The zero-order valence-electron chi connectivity index (χ0n) is 16.9. The monoisotopic (exact) mass is 480 g/mol. The molecule has 2 atom stereocenters. The molecule has 10 heteroatoms. The number of carbonyl (C=O) groups excluding carboxylic acids is 1. The number of hydrogen-bond acceptors (Lipinski definition) is 6. The molecular weight excluding hydrogens is 460 g/mol. The molecule has 31 heavy (non-hydrogen) atoms. The van der Waals surface area contributed by atoms with Gasteiger partial charge in [0.05, 0.1) is 48.9 Å². The first-order chi connectivity index (χ1) is 14.8. The molecule has 164 valence electrons. The van der Waals surface area contributed by atoms with E-state index in [1.165, 1.54) is 26.0 Å². The number of ether oxygens (including phenoxy) is 2. The highest BCUT2D eigenvalue weighted by molar-refractivity contribution is 8.16. The lowest BCUT2D eigenvalue weighted by Crippen LogP contribution is -2.38. The van der Waals surface area contributed by atoms with Gasteiger partial charge in [-0.05, 0) is 11.6 Å². The summed E-state index contributed by atoms with van der Waals surface area (Å²) in [6.07, 6.45) is 0.160. The fourth-order valence-electron chi connectivity index (χ4n) is 3.80. The first kappa shape index (κ1) is 22.0. The summed E-state index contributed by atoms with van der Waals surface area (Å²) in [6.45, 7) is 0. The standard InChI is InChI=1S/C21H21ClN2O5S2/c1-28-17-10-18(29-2)15(9-14(17)22)24-16-11-31(26,27)12-19(16)30-21(24)23-20(25)8-13-6-4-3-5-7-13/h3-7,9-10,16,19H,8,11-12H2,1-2H3/t16-,19-/m0/s1. The Bertz CT molecular complexity index is 1140. The van der Waals surface area contributed by atoms with E-state index in [-0.39, 0.29) is 35.1 Å². The van der Waals surface area contributed by atoms with E-state index in [9.17, 15) is 13.2 Å². The molecule has 0 unspecified atom stereocenters. The predicted molar refractivity (Wildman–Crippen MR) is 123 cm³/mol. The van der Waals surface area contributed by atoms with Crippen molar-refractivity contribution in [1.82, 2.24) is 0 Å². The molecule has 4 rings (SSSR count). The van der Waals surface area contributed by atoms with Crippen LogP contribution in [0.4, 0.5) is 5.69 Å². The van der Waals surface area contributed by atoms with Crippen LogP contribution in [0.2, 0.25) is 5.02 Å². The van der Waals surface area contributed by atoms with Crippen molar-refractivity contribution in [1.29, 1.82) is 0 Å². The van der Waals surface area contributed by atoms with E-state index in [4.69, 9.17) is 21.1 Å². The third-order valence-corrected chi connectivity index (χ3v) is 8.70. The van der Waals surface area contributed by atoms with Gasteiger partial charge in [-0.1, -0.05) is 53.7 Å². The zero-order chi connectivity index (χ0) is 22.2. The van der Waals surface area contributed by atoms with E-state index in [2.05, 4.69) is 4.99 Å². The van der Waals surface area contributed by atoms with Crippen LogP contribution in [0.1, 0.15) is 5.56 Å². The first-order valence-corrected chi connectivity index (χ1v) is 12.6. The van der Waals surface area contributed by atoms with Gasteiger partial charge in [-0.2, -0.15) is 4.99 Å². The number of hydrogen-bond donors (Lipinski definition) is 0. The minimum atomic E-state index is -3.19. The van der Waals surface area contributed by atoms with E-state index < -0.39 is 9.84 Å². The van der Waals surface area contributed by atoms with Gasteiger partial charge in [0, 0.05) is 11.3 Å². The maximum Gasteiger partial charge on any atom is 0.252 e. The van der Waals surface area contributed by atoms with Crippen molar-refractivity contribution in [2.24, 2.45) is 4.99 Å². The Morgan fingerprint density at radius 2 is 1.87 bits per heavy atom. The van der Waals surface area contributed by atoms with Crippen molar-refractivity contribution < 1.29 is 22.7 Å². The molecule has 2 saturated heterocycles. The van der Waals surface area contributed by atoms with Crippen LogP contribution in [-0.2, 0) is 21.1 Å². The van der Waals surface area contributed by atoms with Crippen molar-refractivity contribution in [3.8, 4) is 11.5 Å². The van der Waals surface area contributed by atoms with Crippen molar-refractivity contribution in [2.75, 3.05) is 30.6 Å². The van der Waals surface area contributed by atoms with Crippen LogP contribution in [0.5, 0.6) is 11.5 Å². The van der Waals surface area contributed by atoms with E-state index >= 15 is 0 Å². The molecule has 2 heterocycles. The molecule has 0 aliphatic carbocycles. The van der Waals surface area contributed by atoms with Crippen molar-refractivity contribution in [3.63, 3.8) is 0 Å². The van der Waals surface area contributed by atoms with Gasteiger partial charge >= 0.3 is 0 Å². The van der Waals surface area contributed by atoms with Gasteiger partial charge in [0.1, 0.15) is 11.5 Å². The number of fused-ring (bicyclic) bond motifs is 1. The summed E-state index contributed by atoms with van der Waals surface area (Å²) in [5.41, 5.74) is 1.41. The number of amidine groups is 1. The summed E-state index contributed by atoms with van der Waals surface area (Å²) in [4.78, 5) is 18.8. The highest BCUT2D eigenvalue weighted by Crippen LogP contribution is 2.46. The van der Waals surface area contributed by atoms with Crippen LogP contribution < -0.4 is 14.4 Å². The van der Waals surface area contributed by atoms with Gasteiger partial charge in [0.2, 0.25) is 0 Å². The molecule has 2 aromatic rings. The molecule has 0 aromatic heterocycles. The van der Waals surface area contributed by atoms with Crippen molar-refractivity contribution >= 4 is 50.0 Å². The summed E-state index contributed by atoms with van der Waals surface area (Å²) < 4.78 is 35.4. The summed E-state index contributed by atoms with van der Waals surface area (Å²) in [6, 6.07) is 12.3. The van der Waals surface area contributed by atoms with Crippen molar-refractivity contribution in [2.45, 2.75) is 17.7 Å². The molecule has 0 radical (unpaired) electrons. The van der Waals surface area contributed by atoms with Gasteiger partial charge in [0.25, 0.3) is 5.91 Å². The third-order valence-electron chi connectivity index (χ3n) is 5.20. The molecule has 0 bridgehead atoms. The summed E-state index contributed by atoms with van der Waals surface area (Å²) >= 11 is 7.66. The third kappa shape index (κ3) is 4.53. The quantitative estimate of drug-likeness (QED) is 0.649. The average molecular weight is 481 g/mol. The number of nitrogens with zero attached hydrogens (tertiary/aromatic N) is 2. The number of methoxy groups -OCH3 is 2. The van der Waals surface area contributed by atoms with Gasteiger partial charge in [0.15, 0.2) is 15.0 Å². The second-order valence-corrected chi connectivity index (χ2v) is 11.0. The summed E-state index contributed by atoms with van der Waals surface area (Å²) in [5, 5.41) is 0.576. The van der Waals surface area contributed by atoms with Gasteiger partial charge in [-0.3, -0.25) is 4.79 Å². The Morgan fingerprint density at radius 3 is 2.55 bits per heavy atom. The molecule has 0 saturated carbocycles. The molecular formula is C21H21ClN2O5S2. The van der Waals surface area contributed by atoms with Gasteiger partial charge < -0.3 is 14.4 Å². The van der Waals surface area contributed by atoms with Crippen LogP contribution in [0, 0.1) is 0 Å². The highest BCUT2D eigenvalue weighted by Gasteiger charge is 2.50. The number of thioether (sulfide) groups is 1. The Hall–Kier alpha value is -2.23. The number of anilines is 1. The van der Waals surface area contributed by atoms with E-state index in [0.29, 0.717) is 27.4 Å². The number of benzene rings is 2. The molecule has 0 spiro atoms. The van der Waals surface area contributed by atoms with E-state index in [1.807, 2.05) is 30.3 Å². The maximum absolute atomic E-state index is 12.7. The highest BCUT2D eigenvalue weighted by atomic mass is 35.5. The van der Waals surface area contributed by atoms with E-state index in [1.54, 1.807) is 17.0 Å². The average Bonchev–Trinajstić information content (AvgIpc) is 3.19. The van der Waals surface area contributed by atoms with E-state index in [0.717, 1.165) is 5.56 Å². The molecule has 2 fully saturated rings. The second kappa shape index (κ2) is 8.72. The molecule has 0 N–H and O–H groups in total. The second-order valence-electron chi connectivity index (χ2n) is 7.28. The Labute approximate surface area is 190 Å². The number of aliphatic imine (C=N–C) groups is 1. The van der Waals surface area contributed by atoms with Crippen LogP contribution in [0.25, 0.3) is 0 Å². The molecule has 2 aliphatic heterocycles. The smallest absolute Gasteiger partial charge is 0.252 e. The Kier molecular flexibility index (Phi) is 6.18. The lowest BCUT2D eigenvalue weighted by molar-refractivity contribution is -0.117. The Balaban J connectivity index is 1.74. The topological polar surface area (TPSA) is 85.3 Å². The van der Waals surface area contributed by atoms with Crippen LogP contribution in [-0.4, -0.2) is 56.5 Å². The zero-order valence-corrected chi connectivity index (χ0v) is 19.3. The molecule has 1 amide bonds. The van der Waals surface area contributed by atoms with Crippen LogP contribution in [0.15, 0.2) is 47.5 Å². The minimum absolute atomic E-state index is 0.0244. The molecule has 2 aromatic carbocycles. The van der Waals surface area contributed by atoms with Crippen LogP contribution in [0.3, 0.4) is 0 Å². The normalized spacial score (nSPS) is 23.1. The number of halogens is 1. The maximum atomic E-state index is 12.7. The predicted octanol–water partition coefficient (Wildman–Crippen LogP) is 3.20. The fourth-order valence-corrected chi connectivity index (χ4v) is 7.95. The fraction of sp³-hybridized carbons (Fsp3) is 0.333. The van der Waals surface area contributed by atoms with Gasteiger partial charge in [-0.25, -0.2) is 8.42 Å². The van der Waals surface area contributed by atoms with Gasteiger partial charge in [-0.15, -0.1) is 0 Å². The minimum Gasteiger partial charge on any atom is -0.495 e. The SMILES string of the molecule is COc1cc(OC)c(N2C(=NC(=O)Cc3ccccc3)S[C@H]3CS(=O)(=O)C[C@@H]32)cc1Cl. The Morgan fingerprint density at radius 1 is 1.16 bits per heavy atom. The number of amides is 1. The summed E-state index contributed by atoms with van der Waals surface area (Å²) in [7, 11) is -0.180. The largest absolute Gasteiger partial charge is 0.495 e. The number of sulfone groups is 1. The molecule has 7 nitrogen and oxygen atoms in total. The first-order valence-electron chi connectivity index (χ1n) is 9.54. The van der Waals surface area contributed by atoms with Crippen LogP contribution >= 0.6 is 23.4 Å².